The Morgan fingerprint density at radius 3 is 1.78 bits per heavy atom. The van der Waals surface area contributed by atoms with Crippen LogP contribution in [0, 0.1) is 0 Å². The number of benzene rings is 10. The summed E-state index contributed by atoms with van der Waals surface area (Å²) in [5, 5.41) is 10.5. The third-order valence-electron chi connectivity index (χ3n) is 12.6. The Hall–Kier alpha value is -7.62. The first-order valence-electron chi connectivity index (χ1n) is 20.9. The van der Waals surface area contributed by atoms with Crippen LogP contribution >= 0.6 is 0 Å². The van der Waals surface area contributed by atoms with Crippen molar-refractivity contribution in [2.45, 2.75) is 18.8 Å². The fraction of sp³-hybridized carbons (Fsp3) is 0.0526. The second kappa shape index (κ2) is 14.0. The molecule has 0 aliphatic heterocycles. The zero-order valence-electron chi connectivity index (χ0n) is 33.0. The molecule has 0 spiro atoms. The zero-order valence-corrected chi connectivity index (χ0v) is 33.0. The molecule has 12 rings (SSSR count). The molecule has 12 aromatic rings. The minimum Gasteiger partial charge on any atom is -0.309 e. The summed E-state index contributed by atoms with van der Waals surface area (Å²) in [6, 6.07) is 74.9. The average Bonchev–Trinajstić information content (AvgIpc) is 3.65. The Kier molecular flexibility index (Phi) is 8.05. The summed E-state index contributed by atoms with van der Waals surface area (Å²) in [6.45, 7) is 0. The van der Waals surface area contributed by atoms with Crippen molar-refractivity contribution < 1.29 is 0 Å². The second-order valence-electron chi connectivity index (χ2n) is 16.0. The second-order valence-corrected chi connectivity index (χ2v) is 16.0. The fourth-order valence-corrected chi connectivity index (χ4v) is 9.79. The van der Waals surface area contributed by atoms with Crippen LogP contribution in [0.25, 0.3) is 93.4 Å². The first-order valence-corrected chi connectivity index (χ1v) is 20.9. The van der Waals surface area contributed by atoms with E-state index in [2.05, 4.69) is 199 Å². The maximum absolute atomic E-state index is 5.32. The molecular formula is C57H39N3. The van der Waals surface area contributed by atoms with Gasteiger partial charge in [-0.05, 0) is 98.2 Å². The average molecular weight is 766 g/mol. The van der Waals surface area contributed by atoms with Gasteiger partial charge in [0.1, 0.15) is 0 Å². The van der Waals surface area contributed by atoms with Gasteiger partial charge >= 0.3 is 0 Å². The van der Waals surface area contributed by atoms with E-state index < -0.39 is 0 Å². The Bertz CT molecular complexity index is 3520. The monoisotopic (exact) mass is 765 g/mol. The first-order chi connectivity index (χ1) is 29.7. The van der Waals surface area contributed by atoms with Crippen LogP contribution in [0.1, 0.15) is 29.0 Å². The number of aryl methyl sites for hydroxylation is 1. The molecule has 0 fully saturated rings. The van der Waals surface area contributed by atoms with E-state index in [4.69, 9.17) is 9.97 Å². The topological polar surface area (TPSA) is 30.7 Å². The van der Waals surface area contributed by atoms with Crippen molar-refractivity contribution in [3.63, 3.8) is 0 Å². The molecule has 0 bridgehead atoms. The van der Waals surface area contributed by atoms with Gasteiger partial charge in [-0.15, -0.1) is 0 Å². The minimum atomic E-state index is 0.245. The molecule has 3 nitrogen and oxygen atoms in total. The lowest BCUT2D eigenvalue weighted by Gasteiger charge is -2.22. The highest BCUT2D eigenvalue weighted by atomic mass is 15.0. The summed E-state index contributed by atoms with van der Waals surface area (Å²) in [6.07, 6.45) is 1.95. The third kappa shape index (κ3) is 5.66. The Balaban J connectivity index is 0.947. The van der Waals surface area contributed by atoms with Crippen molar-refractivity contribution in [3.8, 4) is 28.2 Å². The number of hydrogen-bond acceptors (Lipinski definition) is 2. The van der Waals surface area contributed by atoms with Crippen molar-refractivity contribution in [1.29, 1.82) is 0 Å². The summed E-state index contributed by atoms with van der Waals surface area (Å²) in [5.74, 6) is 0.245. The maximum Gasteiger partial charge on any atom is 0.0973 e. The van der Waals surface area contributed by atoms with E-state index in [-0.39, 0.29) is 5.92 Å². The lowest BCUT2D eigenvalue weighted by molar-refractivity contribution is 0.720. The Labute approximate surface area is 348 Å². The number of hydrogen-bond donors (Lipinski definition) is 0. The van der Waals surface area contributed by atoms with Crippen molar-refractivity contribution >= 4 is 65.2 Å². The molecule has 60 heavy (non-hydrogen) atoms. The van der Waals surface area contributed by atoms with E-state index in [0.29, 0.717) is 0 Å². The summed E-state index contributed by atoms with van der Waals surface area (Å²) < 4.78 is 2.39. The molecule has 0 radical (unpaired) electrons. The molecule has 0 N–H and O–H groups in total. The quantitative estimate of drug-likeness (QED) is 0.144. The van der Waals surface area contributed by atoms with Crippen molar-refractivity contribution in [1.82, 2.24) is 14.5 Å². The SMILES string of the molecule is c1ccc(-c2nc3ccc(-n4c5ccccc5c5cc(CCC(c6ccccc6)c6ccc7ccc8cccc9ccc6c7c89)ccc54)cc3nc2-c2ccccc2)cc1. The van der Waals surface area contributed by atoms with Gasteiger partial charge in [0.05, 0.1) is 33.5 Å². The van der Waals surface area contributed by atoms with Crippen molar-refractivity contribution in [3.05, 3.63) is 223 Å². The zero-order chi connectivity index (χ0) is 39.6. The van der Waals surface area contributed by atoms with Crippen LogP contribution in [-0.4, -0.2) is 14.5 Å². The van der Waals surface area contributed by atoms with Gasteiger partial charge in [0.25, 0.3) is 0 Å². The molecule has 0 aliphatic rings. The molecule has 0 amide bonds. The molecule has 1 atom stereocenters. The fourth-order valence-electron chi connectivity index (χ4n) is 9.79. The molecule has 10 aromatic carbocycles. The van der Waals surface area contributed by atoms with Gasteiger partial charge in [0, 0.05) is 33.5 Å². The highest BCUT2D eigenvalue weighted by molar-refractivity contribution is 6.23. The van der Waals surface area contributed by atoms with Crippen LogP contribution in [0.2, 0.25) is 0 Å². The van der Waals surface area contributed by atoms with Gasteiger partial charge in [0.2, 0.25) is 0 Å². The van der Waals surface area contributed by atoms with Crippen LogP contribution in [0.4, 0.5) is 0 Å². The number of nitrogens with zero attached hydrogens (tertiary/aromatic N) is 3. The number of fused-ring (bicyclic) bond motifs is 4. The predicted octanol–water partition coefficient (Wildman–Crippen LogP) is 14.7. The largest absolute Gasteiger partial charge is 0.309 e. The van der Waals surface area contributed by atoms with Crippen LogP contribution in [0.15, 0.2) is 206 Å². The number of rotatable bonds is 8. The van der Waals surface area contributed by atoms with E-state index >= 15 is 0 Å². The molecule has 0 saturated heterocycles. The van der Waals surface area contributed by atoms with E-state index in [1.807, 2.05) is 12.1 Å². The smallest absolute Gasteiger partial charge is 0.0973 e. The lowest BCUT2D eigenvalue weighted by Crippen LogP contribution is -2.04. The minimum absolute atomic E-state index is 0.245. The number of aromatic nitrogens is 3. The summed E-state index contributed by atoms with van der Waals surface area (Å²) >= 11 is 0. The van der Waals surface area contributed by atoms with Crippen LogP contribution in [0.5, 0.6) is 0 Å². The van der Waals surface area contributed by atoms with E-state index in [1.165, 1.54) is 70.8 Å². The highest BCUT2D eigenvalue weighted by Crippen LogP contribution is 2.42. The van der Waals surface area contributed by atoms with E-state index in [9.17, 15) is 0 Å². The highest BCUT2D eigenvalue weighted by Gasteiger charge is 2.21. The molecule has 3 heteroatoms. The van der Waals surface area contributed by atoms with E-state index in [1.54, 1.807) is 0 Å². The van der Waals surface area contributed by atoms with Crippen LogP contribution in [0.3, 0.4) is 0 Å². The van der Waals surface area contributed by atoms with Crippen LogP contribution < -0.4 is 0 Å². The third-order valence-corrected chi connectivity index (χ3v) is 12.6. The summed E-state index contributed by atoms with van der Waals surface area (Å²) in [7, 11) is 0. The van der Waals surface area contributed by atoms with Gasteiger partial charge in [-0.2, -0.15) is 0 Å². The molecule has 0 saturated carbocycles. The normalized spacial score (nSPS) is 12.4. The molecule has 2 heterocycles. The summed E-state index contributed by atoms with van der Waals surface area (Å²) in [4.78, 5) is 10.5. The van der Waals surface area contributed by atoms with Gasteiger partial charge in [-0.1, -0.05) is 170 Å². The Morgan fingerprint density at radius 2 is 1.03 bits per heavy atom. The van der Waals surface area contributed by atoms with Crippen molar-refractivity contribution in [2.75, 3.05) is 0 Å². The van der Waals surface area contributed by atoms with Gasteiger partial charge in [0.15, 0.2) is 0 Å². The first kappa shape index (κ1) is 34.4. The number of para-hydroxylation sites is 1. The predicted molar refractivity (Wildman–Crippen MR) is 252 cm³/mol. The molecule has 282 valence electrons. The van der Waals surface area contributed by atoms with Crippen LogP contribution in [-0.2, 0) is 6.42 Å². The van der Waals surface area contributed by atoms with Gasteiger partial charge < -0.3 is 4.57 Å². The standard InChI is InChI=1S/C57H39N3/c1-4-13-38(14-5-1)45(46-31-27-41-26-25-39-19-12-20-40-28-32-48(46)55(41)54(39)40)30-23-37-24-34-53-49(35-37)47-21-10-11-22-52(47)60(53)44-29-33-50-51(36-44)59-57(43-17-8-3-9-18-43)56(58-50)42-15-6-2-7-16-42/h1-22,24-29,31-36,45H,23,30H2. The lowest BCUT2D eigenvalue weighted by atomic mass is 9.82. The molecule has 2 aromatic heterocycles. The molecule has 0 aliphatic carbocycles. The molecular weight excluding hydrogens is 727 g/mol. The van der Waals surface area contributed by atoms with Gasteiger partial charge in [-0.25, -0.2) is 9.97 Å². The van der Waals surface area contributed by atoms with Crippen molar-refractivity contribution in [2.24, 2.45) is 0 Å². The maximum atomic E-state index is 5.32. The summed E-state index contributed by atoms with van der Waals surface area (Å²) in [5.41, 5.74) is 13.1. The Morgan fingerprint density at radius 1 is 0.417 bits per heavy atom. The van der Waals surface area contributed by atoms with Gasteiger partial charge in [-0.3, -0.25) is 0 Å². The molecule has 1 unspecified atom stereocenters. The van der Waals surface area contributed by atoms with E-state index in [0.717, 1.165) is 52.1 Å².